The maximum atomic E-state index is 13.6. The maximum Gasteiger partial charge on any atom is 0.243 e. The fourth-order valence-electron chi connectivity index (χ4n) is 3.31. The zero-order chi connectivity index (χ0) is 22.1. The number of nitrogens with one attached hydrogen (secondary N) is 2. The maximum absolute atomic E-state index is 13.6. The van der Waals surface area contributed by atoms with Crippen LogP contribution in [-0.4, -0.2) is 37.6 Å². The summed E-state index contributed by atoms with van der Waals surface area (Å²) in [5.41, 5.74) is -0.000666. The molecule has 0 saturated carbocycles. The lowest BCUT2D eigenvalue weighted by atomic mass is 10.1. The summed E-state index contributed by atoms with van der Waals surface area (Å²) >= 11 is 0. The molecule has 4 rings (SSSR count). The molecule has 1 unspecified atom stereocenters. The van der Waals surface area contributed by atoms with E-state index in [0.29, 0.717) is 23.3 Å². The summed E-state index contributed by atoms with van der Waals surface area (Å²) in [6, 6.07) is 6.52. The Morgan fingerprint density at radius 1 is 1.06 bits per heavy atom. The van der Waals surface area contributed by atoms with Gasteiger partial charge in [0.05, 0.1) is 18.2 Å². The number of benzene rings is 2. The van der Waals surface area contributed by atoms with E-state index in [-0.39, 0.29) is 25.7 Å². The van der Waals surface area contributed by atoms with E-state index in [1.807, 2.05) is 0 Å². The van der Waals surface area contributed by atoms with Gasteiger partial charge in [-0.2, -0.15) is 0 Å². The summed E-state index contributed by atoms with van der Waals surface area (Å²) in [6.07, 6.45) is -0.0559. The predicted octanol–water partition coefficient (Wildman–Crippen LogP) is 1.94. The van der Waals surface area contributed by atoms with Crippen molar-refractivity contribution in [1.29, 1.82) is 0 Å². The van der Waals surface area contributed by atoms with Crippen LogP contribution in [0.3, 0.4) is 0 Å². The number of ether oxygens (including phenoxy) is 2. The minimum Gasteiger partial charge on any atom is -0.454 e. The summed E-state index contributed by atoms with van der Waals surface area (Å²) in [5, 5.41) is 4.41. The molecule has 1 saturated heterocycles. The van der Waals surface area contributed by atoms with Crippen molar-refractivity contribution in [2.24, 2.45) is 5.92 Å². The molecule has 2 aliphatic heterocycles. The molecule has 1 fully saturated rings. The van der Waals surface area contributed by atoms with Gasteiger partial charge in [-0.3, -0.25) is 14.4 Å². The molecule has 162 valence electrons. The van der Waals surface area contributed by atoms with Crippen molar-refractivity contribution >= 4 is 29.1 Å². The van der Waals surface area contributed by atoms with Crippen LogP contribution in [0.4, 0.5) is 24.5 Å². The first-order chi connectivity index (χ1) is 14.8. The molecule has 31 heavy (non-hydrogen) atoms. The first-order valence-electron chi connectivity index (χ1n) is 9.24. The number of carbonyl (C=O) groups is 3. The SMILES string of the molecule is O=C(CNC(=O)C1CC(=O)N(c2ccc3c(c2)OCO3)C1)Nc1ccc(F)c(F)c1F. The van der Waals surface area contributed by atoms with E-state index in [2.05, 4.69) is 10.6 Å². The van der Waals surface area contributed by atoms with Gasteiger partial charge in [0.25, 0.3) is 0 Å². The van der Waals surface area contributed by atoms with E-state index in [0.717, 1.165) is 6.07 Å². The van der Waals surface area contributed by atoms with E-state index in [9.17, 15) is 27.6 Å². The molecule has 2 aliphatic rings. The number of hydrogen-bond acceptors (Lipinski definition) is 5. The molecule has 2 aromatic rings. The third kappa shape index (κ3) is 4.11. The molecular weight excluding hydrogens is 419 g/mol. The highest BCUT2D eigenvalue weighted by atomic mass is 19.2. The van der Waals surface area contributed by atoms with Crippen molar-refractivity contribution < 1.29 is 37.0 Å². The van der Waals surface area contributed by atoms with E-state index < -0.39 is 47.4 Å². The van der Waals surface area contributed by atoms with Gasteiger partial charge in [-0.1, -0.05) is 0 Å². The second kappa shape index (κ2) is 8.17. The van der Waals surface area contributed by atoms with Crippen LogP contribution in [0.2, 0.25) is 0 Å². The lowest BCUT2D eigenvalue weighted by Crippen LogP contribution is -2.38. The van der Waals surface area contributed by atoms with E-state index in [4.69, 9.17) is 9.47 Å². The number of fused-ring (bicyclic) bond motifs is 1. The van der Waals surface area contributed by atoms with Crippen LogP contribution in [0.15, 0.2) is 30.3 Å². The molecule has 0 spiro atoms. The van der Waals surface area contributed by atoms with E-state index in [1.54, 1.807) is 18.2 Å². The van der Waals surface area contributed by atoms with Gasteiger partial charge in [-0.05, 0) is 24.3 Å². The number of carbonyl (C=O) groups excluding carboxylic acids is 3. The molecular formula is C20H16F3N3O5. The Balaban J connectivity index is 1.33. The van der Waals surface area contributed by atoms with Gasteiger partial charge in [0, 0.05) is 24.7 Å². The molecule has 0 radical (unpaired) electrons. The smallest absolute Gasteiger partial charge is 0.243 e. The average molecular weight is 435 g/mol. The third-order valence-corrected chi connectivity index (χ3v) is 4.90. The number of nitrogens with zero attached hydrogens (tertiary/aromatic N) is 1. The largest absolute Gasteiger partial charge is 0.454 e. The summed E-state index contributed by atoms with van der Waals surface area (Å²) in [7, 11) is 0. The Morgan fingerprint density at radius 2 is 1.84 bits per heavy atom. The lowest BCUT2D eigenvalue weighted by molar-refractivity contribution is -0.127. The van der Waals surface area contributed by atoms with Gasteiger partial charge in [-0.15, -0.1) is 0 Å². The van der Waals surface area contributed by atoms with Gasteiger partial charge >= 0.3 is 0 Å². The highest BCUT2D eigenvalue weighted by Crippen LogP contribution is 2.37. The molecule has 2 heterocycles. The van der Waals surface area contributed by atoms with Crippen molar-refractivity contribution in [2.75, 3.05) is 30.1 Å². The minimum atomic E-state index is -1.71. The van der Waals surface area contributed by atoms with Crippen LogP contribution >= 0.6 is 0 Å². The lowest BCUT2D eigenvalue weighted by Gasteiger charge is -2.17. The van der Waals surface area contributed by atoms with Crippen molar-refractivity contribution in [1.82, 2.24) is 5.32 Å². The second-order valence-corrected chi connectivity index (χ2v) is 6.93. The number of halogens is 3. The first kappa shape index (κ1) is 20.5. The number of hydrogen-bond donors (Lipinski definition) is 2. The quantitative estimate of drug-likeness (QED) is 0.700. The highest BCUT2D eigenvalue weighted by Gasteiger charge is 2.35. The van der Waals surface area contributed by atoms with Crippen LogP contribution < -0.4 is 25.0 Å². The molecule has 8 nitrogen and oxygen atoms in total. The Hall–Kier alpha value is -3.76. The van der Waals surface area contributed by atoms with Crippen LogP contribution in [0, 0.1) is 23.4 Å². The molecule has 2 aromatic carbocycles. The topological polar surface area (TPSA) is 97.0 Å². The van der Waals surface area contributed by atoms with Gasteiger partial charge in [0.1, 0.15) is 0 Å². The first-order valence-corrected chi connectivity index (χ1v) is 9.24. The van der Waals surface area contributed by atoms with Crippen molar-refractivity contribution in [3.8, 4) is 11.5 Å². The fraction of sp³-hybridized carbons (Fsp3) is 0.250. The fourth-order valence-corrected chi connectivity index (χ4v) is 3.31. The average Bonchev–Trinajstić information content (AvgIpc) is 3.38. The zero-order valence-electron chi connectivity index (χ0n) is 15.9. The van der Waals surface area contributed by atoms with Crippen molar-refractivity contribution in [2.45, 2.75) is 6.42 Å². The van der Waals surface area contributed by atoms with Crippen LogP contribution in [0.25, 0.3) is 0 Å². The van der Waals surface area contributed by atoms with Gasteiger partial charge in [-0.25, -0.2) is 13.2 Å². The summed E-state index contributed by atoms with van der Waals surface area (Å²) in [6.45, 7) is -0.343. The summed E-state index contributed by atoms with van der Waals surface area (Å²) < 4.78 is 50.3. The standard InChI is InChI=1S/C20H16F3N3O5/c21-12-2-3-13(19(23)18(12)22)25-16(27)7-24-20(29)10-5-17(28)26(8-10)11-1-4-14-15(6-11)31-9-30-14/h1-4,6,10H,5,7-9H2,(H,24,29)(H,25,27). The number of rotatable bonds is 5. The van der Waals surface area contributed by atoms with E-state index >= 15 is 0 Å². The number of anilines is 2. The van der Waals surface area contributed by atoms with Crippen molar-refractivity contribution in [3.05, 3.63) is 47.8 Å². The Labute approximate surface area is 173 Å². The minimum absolute atomic E-state index is 0.0559. The molecule has 0 bridgehead atoms. The summed E-state index contributed by atoms with van der Waals surface area (Å²) in [4.78, 5) is 38.1. The Kier molecular flexibility index (Phi) is 5.40. The molecule has 11 heteroatoms. The summed E-state index contributed by atoms with van der Waals surface area (Å²) in [5.74, 6) is -5.93. The van der Waals surface area contributed by atoms with Crippen LogP contribution in [0.5, 0.6) is 11.5 Å². The molecule has 1 atom stereocenters. The van der Waals surface area contributed by atoms with Crippen LogP contribution in [-0.2, 0) is 14.4 Å². The zero-order valence-corrected chi connectivity index (χ0v) is 15.9. The highest BCUT2D eigenvalue weighted by molar-refractivity contribution is 6.01. The van der Waals surface area contributed by atoms with Gasteiger partial charge < -0.3 is 25.0 Å². The van der Waals surface area contributed by atoms with Gasteiger partial charge in [0.2, 0.25) is 24.5 Å². The second-order valence-electron chi connectivity index (χ2n) is 6.93. The third-order valence-electron chi connectivity index (χ3n) is 4.90. The molecule has 0 aliphatic carbocycles. The Morgan fingerprint density at radius 3 is 2.65 bits per heavy atom. The predicted molar refractivity (Wildman–Crippen MR) is 101 cm³/mol. The molecule has 0 aromatic heterocycles. The number of amides is 3. The normalized spacial score (nSPS) is 17.1. The van der Waals surface area contributed by atoms with E-state index in [1.165, 1.54) is 4.90 Å². The molecule has 2 N–H and O–H groups in total. The monoisotopic (exact) mass is 435 g/mol. The van der Waals surface area contributed by atoms with Crippen molar-refractivity contribution in [3.63, 3.8) is 0 Å². The van der Waals surface area contributed by atoms with Crippen LogP contribution in [0.1, 0.15) is 6.42 Å². The molecule has 3 amide bonds. The Bertz CT molecular complexity index is 1080. The van der Waals surface area contributed by atoms with Gasteiger partial charge in [0.15, 0.2) is 29.0 Å².